The zero-order chi connectivity index (χ0) is 14.6. The number of nitro benzene ring substituents is 1. The molecule has 0 aromatic heterocycles. The number of hydrogen-bond donors (Lipinski definition) is 2. The largest absolute Gasteiger partial charge is 0.329 e. The Bertz CT molecular complexity index is 501. The van der Waals surface area contributed by atoms with Crippen molar-refractivity contribution >= 4 is 17.3 Å². The maximum Gasteiger partial charge on any atom is 0.295 e. The first-order valence-electron chi connectivity index (χ1n) is 5.79. The number of nitrogens with two attached hydrogens (primary N) is 1. The summed E-state index contributed by atoms with van der Waals surface area (Å²) in [4.78, 5) is 22.1. The van der Waals surface area contributed by atoms with Gasteiger partial charge in [0, 0.05) is 6.54 Å². The third kappa shape index (κ3) is 3.25. The van der Waals surface area contributed by atoms with E-state index in [1.807, 2.05) is 0 Å². The normalized spacial score (nSPS) is 13.7. The minimum Gasteiger partial charge on any atom is -0.329 e. The van der Waals surface area contributed by atoms with Crippen LogP contribution < -0.4 is 11.1 Å². The Morgan fingerprint density at radius 2 is 2.21 bits per heavy atom. The van der Waals surface area contributed by atoms with Gasteiger partial charge in [-0.1, -0.05) is 6.92 Å². The van der Waals surface area contributed by atoms with E-state index in [1.54, 1.807) is 13.8 Å². The lowest BCUT2D eigenvalue weighted by molar-refractivity contribution is -0.384. The van der Waals surface area contributed by atoms with Gasteiger partial charge in [-0.15, -0.1) is 0 Å². The van der Waals surface area contributed by atoms with Gasteiger partial charge in [-0.3, -0.25) is 14.9 Å². The number of carbonyl (C=O) groups is 1. The van der Waals surface area contributed by atoms with E-state index in [0.717, 1.165) is 18.2 Å². The van der Waals surface area contributed by atoms with E-state index in [2.05, 4.69) is 5.32 Å². The fourth-order valence-corrected chi connectivity index (χ4v) is 1.43. The molecule has 19 heavy (non-hydrogen) atoms. The van der Waals surface area contributed by atoms with Crippen molar-refractivity contribution in [1.82, 2.24) is 0 Å². The van der Waals surface area contributed by atoms with Gasteiger partial charge in [0.05, 0.1) is 16.4 Å². The van der Waals surface area contributed by atoms with Gasteiger partial charge in [0.25, 0.3) is 5.69 Å². The van der Waals surface area contributed by atoms with E-state index in [1.165, 1.54) is 0 Å². The van der Waals surface area contributed by atoms with Crippen LogP contribution in [0.25, 0.3) is 0 Å². The van der Waals surface area contributed by atoms with E-state index >= 15 is 0 Å². The van der Waals surface area contributed by atoms with Crippen LogP contribution in [0, 0.1) is 21.3 Å². The molecule has 0 bridgehead atoms. The van der Waals surface area contributed by atoms with Crippen molar-refractivity contribution in [2.75, 3.05) is 11.9 Å². The van der Waals surface area contributed by atoms with Gasteiger partial charge in [0.2, 0.25) is 5.91 Å². The van der Waals surface area contributed by atoms with Gasteiger partial charge in [0.1, 0.15) is 11.5 Å². The molecule has 0 spiro atoms. The quantitative estimate of drug-likeness (QED) is 0.631. The predicted molar refractivity (Wildman–Crippen MR) is 69.1 cm³/mol. The number of rotatable bonds is 5. The monoisotopic (exact) mass is 269 g/mol. The molecule has 0 saturated carbocycles. The summed E-state index contributed by atoms with van der Waals surface area (Å²) in [5.41, 5.74) is 4.20. The highest BCUT2D eigenvalue weighted by Crippen LogP contribution is 2.28. The molecule has 0 aliphatic rings. The number of nitrogens with zero attached hydrogens (tertiary/aromatic N) is 1. The Balaban J connectivity index is 3.06. The smallest absolute Gasteiger partial charge is 0.295 e. The highest BCUT2D eigenvalue weighted by Gasteiger charge is 2.31. The molecule has 0 aliphatic heterocycles. The van der Waals surface area contributed by atoms with Gasteiger partial charge in [0.15, 0.2) is 0 Å². The number of carbonyl (C=O) groups excluding carboxylic acids is 1. The zero-order valence-electron chi connectivity index (χ0n) is 10.8. The minimum atomic E-state index is -0.817. The number of nitrogens with one attached hydrogen (secondary N) is 1. The molecule has 1 rings (SSSR count). The van der Waals surface area contributed by atoms with Crippen molar-refractivity contribution < 1.29 is 14.1 Å². The van der Waals surface area contributed by atoms with E-state index < -0.39 is 27.8 Å². The fourth-order valence-electron chi connectivity index (χ4n) is 1.43. The molecule has 0 saturated heterocycles. The standard InChI is InChI=1S/C12H16FN3O3/c1-3-12(2,7-14)11(17)15-9-5-4-8(13)6-10(9)16(18)19/h4-6H,3,7,14H2,1-2H3,(H,15,17). The molecule has 1 unspecified atom stereocenters. The van der Waals surface area contributed by atoms with Crippen molar-refractivity contribution in [3.05, 3.63) is 34.1 Å². The van der Waals surface area contributed by atoms with Crippen LogP contribution in [0.5, 0.6) is 0 Å². The Kier molecular flexibility index (Phi) is 4.55. The summed E-state index contributed by atoms with van der Waals surface area (Å²) in [6.45, 7) is 3.58. The van der Waals surface area contributed by atoms with Crippen LogP contribution in [-0.2, 0) is 4.79 Å². The fraction of sp³-hybridized carbons (Fsp3) is 0.417. The molecule has 104 valence electrons. The molecule has 1 atom stereocenters. The molecule has 0 radical (unpaired) electrons. The lowest BCUT2D eigenvalue weighted by Gasteiger charge is -2.24. The SMILES string of the molecule is CCC(C)(CN)C(=O)Nc1ccc(F)cc1[N+](=O)[O-]. The van der Waals surface area contributed by atoms with Crippen LogP contribution in [0.1, 0.15) is 20.3 Å². The summed E-state index contributed by atoms with van der Waals surface area (Å²) >= 11 is 0. The molecule has 3 N–H and O–H groups in total. The summed E-state index contributed by atoms with van der Waals surface area (Å²) in [5, 5.41) is 13.2. The van der Waals surface area contributed by atoms with Gasteiger partial charge >= 0.3 is 0 Å². The molecule has 7 heteroatoms. The average molecular weight is 269 g/mol. The summed E-state index contributed by atoms with van der Waals surface area (Å²) in [7, 11) is 0. The van der Waals surface area contributed by atoms with Crippen LogP contribution in [0.3, 0.4) is 0 Å². The van der Waals surface area contributed by atoms with Crippen molar-refractivity contribution in [3.8, 4) is 0 Å². The maximum atomic E-state index is 13.0. The zero-order valence-corrected chi connectivity index (χ0v) is 10.8. The number of benzene rings is 1. The van der Waals surface area contributed by atoms with Crippen LogP contribution in [-0.4, -0.2) is 17.4 Å². The first-order chi connectivity index (χ1) is 8.84. The number of amides is 1. The van der Waals surface area contributed by atoms with Crippen LogP contribution in [0.4, 0.5) is 15.8 Å². The number of nitro groups is 1. The van der Waals surface area contributed by atoms with Crippen molar-refractivity contribution in [2.45, 2.75) is 20.3 Å². The summed E-state index contributed by atoms with van der Waals surface area (Å²) < 4.78 is 13.0. The number of hydrogen-bond acceptors (Lipinski definition) is 4. The summed E-state index contributed by atoms with van der Waals surface area (Å²) in [5.74, 6) is -1.16. The Morgan fingerprint density at radius 3 is 2.68 bits per heavy atom. The molecule has 0 fully saturated rings. The van der Waals surface area contributed by atoms with Crippen molar-refractivity contribution in [3.63, 3.8) is 0 Å². The predicted octanol–water partition coefficient (Wildman–Crippen LogP) is 2.05. The average Bonchev–Trinajstić information content (AvgIpc) is 2.39. The van der Waals surface area contributed by atoms with Gasteiger partial charge in [-0.25, -0.2) is 4.39 Å². The second-order valence-electron chi connectivity index (χ2n) is 4.49. The highest BCUT2D eigenvalue weighted by atomic mass is 19.1. The first kappa shape index (κ1) is 15.0. The van der Waals surface area contributed by atoms with Crippen molar-refractivity contribution in [1.29, 1.82) is 0 Å². The number of anilines is 1. The Labute approximate surface area is 109 Å². The third-order valence-corrected chi connectivity index (χ3v) is 3.18. The third-order valence-electron chi connectivity index (χ3n) is 3.18. The molecular formula is C12H16FN3O3. The first-order valence-corrected chi connectivity index (χ1v) is 5.79. The van der Waals surface area contributed by atoms with Crippen LogP contribution in [0.2, 0.25) is 0 Å². The molecule has 1 amide bonds. The van der Waals surface area contributed by atoms with E-state index in [-0.39, 0.29) is 12.2 Å². The van der Waals surface area contributed by atoms with Gasteiger partial charge in [-0.2, -0.15) is 0 Å². The molecule has 0 heterocycles. The molecule has 1 aromatic rings. The summed E-state index contributed by atoms with van der Waals surface area (Å²) in [6, 6.07) is 2.98. The van der Waals surface area contributed by atoms with Crippen LogP contribution in [0.15, 0.2) is 18.2 Å². The second kappa shape index (κ2) is 5.75. The van der Waals surface area contributed by atoms with E-state index in [9.17, 15) is 19.3 Å². The number of halogens is 1. The minimum absolute atomic E-state index is 0.0375. The highest BCUT2D eigenvalue weighted by molar-refractivity contribution is 5.97. The Hall–Kier alpha value is -2.02. The molecule has 6 nitrogen and oxygen atoms in total. The Morgan fingerprint density at radius 1 is 1.58 bits per heavy atom. The van der Waals surface area contributed by atoms with Gasteiger partial charge in [-0.05, 0) is 25.5 Å². The van der Waals surface area contributed by atoms with Crippen molar-refractivity contribution in [2.24, 2.45) is 11.1 Å². The molecular weight excluding hydrogens is 253 g/mol. The van der Waals surface area contributed by atoms with Crippen LogP contribution >= 0.6 is 0 Å². The van der Waals surface area contributed by atoms with E-state index in [4.69, 9.17) is 5.73 Å². The van der Waals surface area contributed by atoms with Gasteiger partial charge < -0.3 is 11.1 Å². The van der Waals surface area contributed by atoms with E-state index in [0.29, 0.717) is 6.42 Å². The lowest BCUT2D eigenvalue weighted by atomic mass is 9.86. The second-order valence-corrected chi connectivity index (χ2v) is 4.49. The maximum absolute atomic E-state index is 13.0. The lowest BCUT2D eigenvalue weighted by Crippen LogP contribution is -2.39. The molecule has 1 aromatic carbocycles. The summed E-state index contributed by atoms with van der Waals surface area (Å²) in [6.07, 6.45) is 0.490. The molecule has 0 aliphatic carbocycles. The topological polar surface area (TPSA) is 98.3 Å².